The van der Waals surface area contributed by atoms with E-state index in [0.717, 1.165) is 11.1 Å². The summed E-state index contributed by atoms with van der Waals surface area (Å²) in [6.07, 6.45) is 4.15. The molecule has 0 aromatic carbocycles. The lowest BCUT2D eigenvalue weighted by atomic mass is 10.1. The summed E-state index contributed by atoms with van der Waals surface area (Å²) in [5.74, 6) is 6.09. The summed E-state index contributed by atoms with van der Waals surface area (Å²) >= 11 is 0. The monoisotopic (exact) mass is 230 g/mol. The maximum Gasteiger partial charge on any atom is 0.165 e. The third-order valence-corrected chi connectivity index (χ3v) is 2.42. The molecule has 6 nitrogen and oxygen atoms in total. The fraction of sp³-hybridized carbons (Fsp3) is 0.0909. The summed E-state index contributed by atoms with van der Waals surface area (Å²) in [5, 5.41) is 0. The third kappa shape index (κ3) is 2.43. The molecular weight excluding hydrogens is 216 g/mol. The van der Waals surface area contributed by atoms with Gasteiger partial charge in [-0.1, -0.05) is 6.07 Å². The minimum atomic E-state index is 0.381. The van der Waals surface area contributed by atoms with Gasteiger partial charge in [-0.15, -0.1) is 0 Å². The standard InChI is InChI=1S/C11H14N6/c12-9-5-8(10(13)11(16-9)17-14)4-7-2-1-3-15-6-7/h1-3,5-6H,4,13-14H2,(H3,12,16,17). The third-order valence-electron chi connectivity index (χ3n) is 2.42. The van der Waals surface area contributed by atoms with Crippen LogP contribution in [0.25, 0.3) is 0 Å². The van der Waals surface area contributed by atoms with E-state index in [9.17, 15) is 0 Å². The molecule has 0 atom stereocenters. The van der Waals surface area contributed by atoms with Crippen molar-refractivity contribution in [2.24, 2.45) is 5.84 Å². The maximum atomic E-state index is 5.93. The number of aromatic nitrogens is 2. The predicted octanol–water partition coefficient (Wildman–Crippen LogP) is 0.517. The molecule has 6 heteroatoms. The summed E-state index contributed by atoms with van der Waals surface area (Å²) in [7, 11) is 0. The zero-order valence-electron chi connectivity index (χ0n) is 9.22. The van der Waals surface area contributed by atoms with Gasteiger partial charge in [-0.2, -0.15) is 0 Å². The molecule has 0 aliphatic rings. The molecular formula is C11H14N6. The number of hydrogen-bond acceptors (Lipinski definition) is 6. The fourth-order valence-corrected chi connectivity index (χ4v) is 1.61. The zero-order chi connectivity index (χ0) is 12.3. The SMILES string of the molecule is NNc1nc(N)cc(Cc2cccnc2)c1N. The topological polar surface area (TPSA) is 116 Å². The smallest absolute Gasteiger partial charge is 0.165 e. The molecule has 17 heavy (non-hydrogen) atoms. The normalized spacial score (nSPS) is 10.2. The number of rotatable bonds is 3. The van der Waals surface area contributed by atoms with Crippen molar-refractivity contribution in [1.82, 2.24) is 9.97 Å². The van der Waals surface area contributed by atoms with E-state index in [1.165, 1.54) is 0 Å². The minimum Gasteiger partial charge on any atom is -0.395 e. The van der Waals surface area contributed by atoms with Crippen LogP contribution in [0.2, 0.25) is 0 Å². The van der Waals surface area contributed by atoms with Gasteiger partial charge < -0.3 is 16.9 Å². The number of anilines is 3. The maximum absolute atomic E-state index is 5.93. The van der Waals surface area contributed by atoms with Crippen molar-refractivity contribution in [3.05, 3.63) is 41.7 Å². The van der Waals surface area contributed by atoms with Gasteiger partial charge in [0.1, 0.15) is 5.82 Å². The van der Waals surface area contributed by atoms with Gasteiger partial charge >= 0.3 is 0 Å². The minimum absolute atomic E-state index is 0.381. The van der Waals surface area contributed by atoms with Gasteiger partial charge in [0.15, 0.2) is 5.82 Å². The molecule has 2 rings (SSSR count). The Labute approximate surface area is 98.8 Å². The lowest BCUT2D eigenvalue weighted by Crippen LogP contribution is -2.13. The van der Waals surface area contributed by atoms with Crippen molar-refractivity contribution in [1.29, 1.82) is 0 Å². The first-order valence-electron chi connectivity index (χ1n) is 5.11. The molecule has 0 amide bonds. The van der Waals surface area contributed by atoms with E-state index < -0.39 is 0 Å². The molecule has 2 aromatic heterocycles. The zero-order valence-corrected chi connectivity index (χ0v) is 9.22. The van der Waals surface area contributed by atoms with Crippen LogP contribution in [0.4, 0.5) is 17.3 Å². The van der Waals surface area contributed by atoms with Gasteiger partial charge in [0.25, 0.3) is 0 Å². The van der Waals surface area contributed by atoms with Crippen molar-refractivity contribution < 1.29 is 0 Å². The van der Waals surface area contributed by atoms with Crippen molar-refractivity contribution in [3.8, 4) is 0 Å². The second-order valence-electron chi connectivity index (χ2n) is 3.65. The second-order valence-corrected chi connectivity index (χ2v) is 3.65. The first-order chi connectivity index (χ1) is 8.20. The van der Waals surface area contributed by atoms with E-state index in [1.807, 2.05) is 12.1 Å². The van der Waals surface area contributed by atoms with Gasteiger partial charge in [-0.3, -0.25) is 4.98 Å². The van der Waals surface area contributed by atoms with E-state index in [1.54, 1.807) is 18.5 Å². The Bertz CT molecular complexity index is 511. The highest BCUT2D eigenvalue weighted by atomic mass is 15.3. The highest BCUT2D eigenvalue weighted by Crippen LogP contribution is 2.24. The van der Waals surface area contributed by atoms with Gasteiger partial charge in [0, 0.05) is 18.8 Å². The summed E-state index contributed by atoms with van der Waals surface area (Å²) in [6.45, 7) is 0. The van der Waals surface area contributed by atoms with Gasteiger partial charge in [0.2, 0.25) is 0 Å². The Morgan fingerprint density at radius 1 is 1.29 bits per heavy atom. The number of nitrogens with two attached hydrogens (primary N) is 3. The van der Waals surface area contributed by atoms with Crippen LogP contribution in [-0.2, 0) is 6.42 Å². The molecule has 0 radical (unpaired) electrons. The molecule has 2 heterocycles. The molecule has 0 spiro atoms. The van der Waals surface area contributed by atoms with Crippen molar-refractivity contribution in [2.75, 3.05) is 16.9 Å². The van der Waals surface area contributed by atoms with Crippen molar-refractivity contribution in [3.63, 3.8) is 0 Å². The van der Waals surface area contributed by atoms with Crippen LogP contribution < -0.4 is 22.7 Å². The highest BCUT2D eigenvalue weighted by Gasteiger charge is 2.08. The van der Waals surface area contributed by atoms with Crippen LogP contribution in [0.3, 0.4) is 0 Å². The van der Waals surface area contributed by atoms with E-state index in [4.69, 9.17) is 17.3 Å². The summed E-state index contributed by atoms with van der Waals surface area (Å²) in [6, 6.07) is 5.58. The second kappa shape index (κ2) is 4.67. The molecule has 0 saturated carbocycles. The van der Waals surface area contributed by atoms with Gasteiger partial charge in [-0.25, -0.2) is 10.8 Å². The first kappa shape index (κ1) is 11.2. The van der Waals surface area contributed by atoms with Crippen LogP contribution in [0.1, 0.15) is 11.1 Å². The fourth-order valence-electron chi connectivity index (χ4n) is 1.61. The average molecular weight is 230 g/mol. The molecule has 7 N–H and O–H groups in total. The van der Waals surface area contributed by atoms with Gasteiger partial charge in [0.05, 0.1) is 5.69 Å². The Hall–Kier alpha value is -2.34. The van der Waals surface area contributed by atoms with Crippen LogP contribution in [-0.4, -0.2) is 9.97 Å². The molecule has 88 valence electrons. The Morgan fingerprint density at radius 3 is 2.76 bits per heavy atom. The van der Waals surface area contributed by atoms with Crippen molar-refractivity contribution in [2.45, 2.75) is 6.42 Å². The lowest BCUT2D eigenvalue weighted by Gasteiger charge is -2.10. The van der Waals surface area contributed by atoms with Crippen LogP contribution >= 0.6 is 0 Å². The summed E-state index contributed by atoms with van der Waals surface area (Å²) < 4.78 is 0. The number of nitrogens with one attached hydrogen (secondary N) is 1. The number of nitrogen functional groups attached to an aromatic ring is 3. The van der Waals surface area contributed by atoms with Crippen LogP contribution in [0.15, 0.2) is 30.6 Å². The summed E-state index contributed by atoms with van der Waals surface area (Å²) in [5.41, 5.74) is 16.5. The van der Waals surface area contributed by atoms with E-state index in [0.29, 0.717) is 23.7 Å². The molecule has 0 fully saturated rings. The van der Waals surface area contributed by atoms with Crippen LogP contribution in [0.5, 0.6) is 0 Å². The molecule has 0 bridgehead atoms. The number of nitrogens with zero attached hydrogens (tertiary/aromatic N) is 2. The molecule has 0 aliphatic heterocycles. The Morgan fingerprint density at radius 2 is 2.12 bits per heavy atom. The predicted molar refractivity (Wildman–Crippen MR) is 67.9 cm³/mol. The first-order valence-corrected chi connectivity index (χ1v) is 5.11. The van der Waals surface area contributed by atoms with E-state index >= 15 is 0 Å². The number of hydrazine groups is 1. The van der Waals surface area contributed by atoms with E-state index in [2.05, 4.69) is 15.4 Å². The van der Waals surface area contributed by atoms with E-state index in [-0.39, 0.29) is 0 Å². The number of pyridine rings is 2. The van der Waals surface area contributed by atoms with Crippen molar-refractivity contribution >= 4 is 17.3 Å². The summed E-state index contributed by atoms with van der Waals surface area (Å²) in [4.78, 5) is 8.04. The molecule has 0 unspecified atom stereocenters. The lowest BCUT2D eigenvalue weighted by molar-refractivity contribution is 1.13. The van der Waals surface area contributed by atoms with Gasteiger partial charge in [-0.05, 0) is 23.3 Å². The highest BCUT2D eigenvalue weighted by molar-refractivity contribution is 5.68. The number of hydrogen-bond donors (Lipinski definition) is 4. The Kier molecular flexibility index (Phi) is 3.06. The largest absolute Gasteiger partial charge is 0.395 e. The quantitative estimate of drug-likeness (QED) is 0.451. The molecule has 0 aliphatic carbocycles. The van der Waals surface area contributed by atoms with Crippen LogP contribution in [0, 0.1) is 0 Å². The molecule has 2 aromatic rings. The Balaban J connectivity index is 2.36. The average Bonchev–Trinajstić information content (AvgIpc) is 2.34. The molecule has 0 saturated heterocycles.